The molecule has 1 aromatic carbocycles. The number of nitrogens with zero attached hydrogens (tertiary/aromatic N) is 1. The first-order chi connectivity index (χ1) is 12.0. The van der Waals surface area contributed by atoms with Gasteiger partial charge in [-0.3, -0.25) is 4.79 Å². The lowest BCUT2D eigenvalue weighted by atomic mass is 9.78. The van der Waals surface area contributed by atoms with E-state index in [1.807, 2.05) is 0 Å². The Balaban J connectivity index is 1.55. The van der Waals surface area contributed by atoms with E-state index in [0.29, 0.717) is 24.9 Å². The molecule has 1 aliphatic heterocycles. The van der Waals surface area contributed by atoms with Gasteiger partial charge in [0.1, 0.15) is 11.6 Å². The van der Waals surface area contributed by atoms with E-state index in [0.717, 1.165) is 32.5 Å². The van der Waals surface area contributed by atoms with Crippen molar-refractivity contribution in [2.24, 2.45) is 5.41 Å². The van der Waals surface area contributed by atoms with Crippen molar-refractivity contribution in [2.45, 2.75) is 38.1 Å². The molecular formula is C19H27FN2O3. The van der Waals surface area contributed by atoms with Crippen LogP contribution in [0.15, 0.2) is 24.3 Å². The van der Waals surface area contributed by atoms with Gasteiger partial charge in [-0.15, -0.1) is 0 Å². The molecule has 25 heavy (non-hydrogen) atoms. The highest BCUT2D eigenvalue weighted by Gasteiger charge is 2.37. The Labute approximate surface area is 148 Å². The van der Waals surface area contributed by atoms with Gasteiger partial charge < -0.3 is 20.1 Å². The van der Waals surface area contributed by atoms with Crippen LogP contribution in [0.1, 0.15) is 32.1 Å². The number of hydrogen-bond donors (Lipinski definition) is 2. The molecular weight excluding hydrogens is 323 g/mol. The molecule has 0 amide bonds. The zero-order valence-corrected chi connectivity index (χ0v) is 14.5. The minimum Gasteiger partial charge on any atom is -0.493 e. The van der Waals surface area contributed by atoms with E-state index in [2.05, 4.69) is 10.2 Å². The zero-order valence-electron chi connectivity index (χ0n) is 14.5. The quantitative estimate of drug-likeness (QED) is 0.717. The van der Waals surface area contributed by atoms with E-state index in [1.165, 1.54) is 25.0 Å². The minimum atomic E-state index is -0.748. The van der Waals surface area contributed by atoms with Crippen molar-refractivity contribution in [2.75, 3.05) is 32.8 Å². The molecule has 0 unspecified atom stereocenters. The van der Waals surface area contributed by atoms with Gasteiger partial charge in [0, 0.05) is 30.6 Å². The third-order valence-corrected chi connectivity index (χ3v) is 5.24. The Kier molecular flexibility index (Phi) is 5.91. The fraction of sp³-hybridized carbons (Fsp3) is 0.632. The second kappa shape index (κ2) is 8.15. The van der Waals surface area contributed by atoms with E-state index < -0.39 is 5.97 Å². The Hall–Kier alpha value is -1.66. The number of piperidine rings is 1. The van der Waals surface area contributed by atoms with Gasteiger partial charge in [-0.2, -0.15) is 0 Å². The third-order valence-electron chi connectivity index (χ3n) is 5.24. The largest absolute Gasteiger partial charge is 0.493 e. The third kappa shape index (κ3) is 5.68. The molecule has 0 bridgehead atoms. The van der Waals surface area contributed by atoms with Crippen LogP contribution in [0, 0.1) is 11.2 Å². The van der Waals surface area contributed by atoms with Crippen LogP contribution in [-0.4, -0.2) is 54.8 Å². The van der Waals surface area contributed by atoms with E-state index in [9.17, 15) is 9.18 Å². The molecule has 0 atom stereocenters. The molecule has 138 valence electrons. The number of hydrogen-bond acceptors (Lipinski definition) is 4. The summed E-state index contributed by atoms with van der Waals surface area (Å²) in [6, 6.07) is 6.92. The van der Waals surface area contributed by atoms with Crippen molar-refractivity contribution in [3.8, 4) is 5.75 Å². The Bertz CT molecular complexity index is 584. The molecule has 1 aromatic rings. The second-order valence-electron chi connectivity index (χ2n) is 7.39. The second-order valence-corrected chi connectivity index (χ2v) is 7.39. The van der Waals surface area contributed by atoms with Crippen molar-refractivity contribution < 1.29 is 19.0 Å². The molecule has 0 radical (unpaired) electrons. The number of halogens is 1. The maximum absolute atomic E-state index is 13.3. The average Bonchev–Trinajstić information content (AvgIpc) is 3.42. The number of carbonyl (C=O) groups is 1. The summed E-state index contributed by atoms with van der Waals surface area (Å²) in [4.78, 5) is 13.0. The normalized spacial score (nSPS) is 20.4. The summed E-state index contributed by atoms with van der Waals surface area (Å²) in [6.07, 6.45) is 4.59. The molecule has 6 heteroatoms. The highest BCUT2D eigenvalue weighted by Crippen LogP contribution is 2.33. The maximum atomic E-state index is 13.3. The standard InChI is InChI=1S/C19H27FN2O3/c20-15-2-1-3-17(12-15)25-14-19(13-21-16-4-5-16)7-10-22(11-8-19)9-6-18(23)24/h1-3,12,16,21H,4-11,13-14H2,(H,23,24). The van der Waals surface area contributed by atoms with E-state index in [1.54, 1.807) is 12.1 Å². The summed E-state index contributed by atoms with van der Waals surface area (Å²) in [5.41, 5.74) is 0.0225. The smallest absolute Gasteiger partial charge is 0.304 e. The van der Waals surface area contributed by atoms with Crippen LogP contribution in [0.4, 0.5) is 4.39 Å². The van der Waals surface area contributed by atoms with Gasteiger partial charge >= 0.3 is 5.97 Å². The van der Waals surface area contributed by atoms with Gasteiger partial charge in [0.25, 0.3) is 0 Å². The number of benzene rings is 1. The molecule has 1 heterocycles. The fourth-order valence-corrected chi connectivity index (χ4v) is 3.32. The lowest BCUT2D eigenvalue weighted by molar-refractivity contribution is -0.137. The van der Waals surface area contributed by atoms with Crippen LogP contribution in [0.2, 0.25) is 0 Å². The summed E-state index contributed by atoms with van der Waals surface area (Å²) >= 11 is 0. The highest BCUT2D eigenvalue weighted by molar-refractivity contribution is 5.66. The van der Waals surface area contributed by atoms with Gasteiger partial charge in [-0.25, -0.2) is 4.39 Å². The molecule has 3 rings (SSSR count). The monoisotopic (exact) mass is 350 g/mol. The van der Waals surface area contributed by atoms with E-state index >= 15 is 0 Å². The highest BCUT2D eigenvalue weighted by atomic mass is 19.1. The summed E-state index contributed by atoms with van der Waals surface area (Å²) in [7, 11) is 0. The van der Waals surface area contributed by atoms with Crippen molar-refractivity contribution in [3.05, 3.63) is 30.1 Å². The van der Waals surface area contributed by atoms with Gasteiger partial charge in [-0.05, 0) is 50.9 Å². The fourth-order valence-electron chi connectivity index (χ4n) is 3.32. The van der Waals surface area contributed by atoms with Crippen molar-refractivity contribution in [1.82, 2.24) is 10.2 Å². The Morgan fingerprint density at radius 3 is 2.76 bits per heavy atom. The predicted molar refractivity (Wildman–Crippen MR) is 93.3 cm³/mol. The van der Waals surface area contributed by atoms with E-state index in [4.69, 9.17) is 9.84 Å². The van der Waals surface area contributed by atoms with Crippen molar-refractivity contribution >= 4 is 5.97 Å². The molecule has 1 saturated heterocycles. The summed E-state index contributed by atoms with van der Waals surface area (Å²) in [6.45, 7) is 3.83. The average molecular weight is 350 g/mol. The molecule has 5 nitrogen and oxygen atoms in total. The first kappa shape index (κ1) is 18.1. The van der Waals surface area contributed by atoms with Crippen molar-refractivity contribution in [3.63, 3.8) is 0 Å². The first-order valence-electron chi connectivity index (χ1n) is 9.11. The number of carboxylic acid groups (broad SMARTS) is 1. The number of aliphatic carboxylic acids is 1. The maximum Gasteiger partial charge on any atom is 0.304 e. The van der Waals surface area contributed by atoms with Crippen LogP contribution in [0.3, 0.4) is 0 Å². The lowest BCUT2D eigenvalue weighted by Crippen LogP contribution is -2.48. The first-order valence-corrected chi connectivity index (χ1v) is 9.11. The number of likely N-dealkylation sites (tertiary alicyclic amines) is 1. The minimum absolute atomic E-state index is 0.0225. The van der Waals surface area contributed by atoms with Crippen molar-refractivity contribution in [1.29, 1.82) is 0 Å². The SMILES string of the molecule is O=C(O)CCN1CCC(CNC2CC2)(COc2cccc(F)c2)CC1. The Morgan fingerprint density at radius 1 is 1.36 bits per heavy atom. The van der Waals surface area contributed by atoms with Gasteiger partial charge in [0.05, 0.1) is 13.0 Å². The van der Waals surface area contributed by atoms with Crippen LogP contribution in [0.25, 0.3) is 0 Å². The van der Waals surface area contributed by atoms with Gasteiger partial charge in [0.15, 0.2) is 0 Å². The van der Waals surface area contributed by atoms with Crippen LogP contribution in [0.5, 0.6) is 5.75 Å². The zero-order chi connectivity index (χ0) is 17.7. The molecule has 0 aromatic heterocycles. The molecule has 2 N–H and O–H groups in total. The number of ether oxygens (including phenoxy) is 1. The molecule has 2 aliphatic rings. The summed E-state index contributed by atoms with van der Waals surface area (Å²) in [5.74, 6) is -0.466. The molecule has 1 aliphatic carbocycles. The van der Waals surface area contributed by atoms with Gasteiger partial charge in [-0.1, -0.05) is 6.07 Å². The molecule has 1 saturated carbocycles. The Morgan fingerprint density at radius 2 is 2.12 bits per heavy atom. The number of rotatable bonds is 9. The summed E-state index contributed by atoms with van der Waals surface area (Å²) < 4.78 is 19.3. The lowest BCUT2D eigenvalue weighted by Gasteiger charge is -2.41. The molecule has 0 spiro atoms. The van der Waals surface area contributed by atoms with Crippen LogP contribution >= 0.6 is 0 Å². The van der Waals surface area contributed by atoms with E-state index in [-0.39, 0.29) is 17.7 Å². The van der Waals surface area contributed by atoms with Gasteiger partial charge in [0.2, 0.25) is 0 Å². The van der Waals surface area contributed by atoms with Crippen LogP contribution in [-0.2, 0) is 4.79 Å². The number of nitrogens with one attached hydrogen (secondary N) is 1. The summed E-state index contributed by atoms with van der Waals surface area (Å²) in [5, 5.41) is 12.5. The molecule has 2 fully saturated rings. The van der Waals surface area contributed by atoms with Crippen LogP contribution < -0.4 is 10.1 Å². The number of carboxylic acids is 1. The topological polar surface area (TPSA) is 61.8 Å². The predicted octanol–water partition coefficient (Wildman–Crippen LogP) is 2.51.